The molecular weight excluding hydrogens is 250 g/mol. The minimum Gasteiger partial charge on any atom is -0.352 e. The molecule has 3 aliphatic rings. The summed E-state index contributed by atoms with van der Waals surface area (Å²) in [5.74, 6) is 1.02. The number of hydrogen-bond acceptors (Lipinski definition) is 3. The van der Waals surface area contributed by atoms with Gasteiger partial charge in [0.05, 0.1) is 6.54 Å². The van der Waals surface area contributed by atoms with Crippen molar-refractivity contribution in [3.63, 3.8) is 0 Å². The van der Waals surface area contributed by atoms with Gasteiger partial charge in [0.25, 0.3) is 0 Å². The molecule has 114 valence electrons. The monoisotopic (exact) mass is 279 g/mol. The molecule has 0 radical (unpaired) electrons. The topological polar surface area (TPSA) is 44.4 Å². The summed E-state index contributed by atoms with van der Waals surface area (Å²) in [6.45, 7) is 3.92. The minimum atomic E-state index is 0.246. The minimum absolute atomic E-state index is 0.246. The summed E-state index contributed by atoms with van der Waals surface area (Å²) >= 11 is 0. The summed E-state index contributed by atoms with van der Waals surface area (Å²) in [5, 5.41) is 6.87. The first-order chi connectivity index (χ1) is 9.81. The van der Waals surface area contributed by atoms with Gasteiger partial charge in [0.15, 0.2) is 0 Å². The van der Waals surface area contributed by atoms with Crippen molar-refractivity contribution >= 4 is 5.91 Å². The molecule has 2 N–H and O–H groups in total. The van der Waals surface area contributed by atoms with Crippen molar-refractivity contribution in [2.75, 3.05) is 26.2 Å². The standard InChI is InChI=1S/C16H29N3O/c20-16(18-14-7-3-1-2-4-8-14)12-19-10-13-6-5-9-17-15(13)11-19/h13-15,17H,1-12H2,(H,18,20)/t13-,15+/m0/s1. The van der Waals surface area contributed by atoms with Crippen LogP contribution >= 0.6 is 0 Å². The van der Waals surface area contributed by atoms with E-state index in [-0.39, 0.29) is 5.91 Å². The Morgan fingerprint density at radius 2 is 1.85 bits per heavy atom. The molecule has 4 heteroatoms. The Kier molecular flexibility index (Phi) is 4.94. The molecular formula is C16H29N3O. The molecule has 4 nitrogen and oxygen atoms in total. The van der Waals surface area contributed by atoms with Crippen LogP contribution in [0, 0.1) is 5.92 Å². The first-order valence-electron chi connectivity index (χ1n) is 8.56. The fourth-order valence-corrected chi connectivity index (χ4v) is 4.17. The third kappa shape index (κ3) is 3.73. The van der Waals surface area contributed by atoms with Crippen molar-refractivity contribution in [2.24, 2.45) is 5.92 Å². The average molecular weight is 279 g/mol. The molecule has 20 heavy (non-hydrogen) atoms. The van der Waals surface area contributed by atoms with Gasteiger partial charge in [-0.15, -0.1) is 0 Å². The highest BCUT2D eigenvalue weighted by atomic mass is 16.2. The summed E-state index contributed by atoms with van der Waals surface area (Å²) in [6, 6.07) is 1.07. The predicted octanol–water partition coefficient (Wildman–Crippen LogP) is 1.51. The second-order valence-corrected chi connectivity index (χ2v) is 6.91. The Balaban J connectivity index is 1.42. The van der Waals surface area contributed by atoms with Crippen LogP contribution in [0.1, 0.15) is 51.4 Å². The van der Waals surface area contributed by atoms with Crippen LogP contribution in [0.4, 0.5) is 0 Å². The zero-order valence-corrected chi connectivity index (χ0v) is 12.6. The van der Waals surface area contributed by atoms with Crippen LogP contribution in [0.5, 0.6) is 0 Å². The Labute approximate surface area is 122 Å². The summed E-state index contributed by atoms with van der Waals surface area (Å²) < 4.78 is 0. The van der Waals surface area contributed by atoms with Crippen molar-refractivity contribution in [1.82, 2.24) is 15.5 Å². The number of hydrogen-bond donors (Lipinski definition) is 2. The van der Waals surface area contributed by atoms with E-state index in [0.29, 0.717) is 18.6 Å². The van der Waals surface area contributed by atoms with Gasteiger partial charge < -0.3 is 10.6 Å². The third-order valence-electron chi connectivity index (χ3n) is 5.26. The van der Waals surface area contributed by atoms with Gasteiger partial charge in [-0.2, -0.15) is 0 Å². The quantitative estimate of drug-likeness (QED) is 0.770. The molecule has 2 saturated heterocycles. The highest BCUT2D eigenvalue weighted by Gasteiger charge is 2.34. The van der Waals surface area contributed by atoms with E-state index in [0.717, 1.165) is 25.6 Å². The van der Waals surface area contributed by atoms with E-state index in [9.17, 15) is 4.79 Å². The van der Waals surface area contributed by atoms with Crippen LogP contribution in [0.2, 0.25) is 0 Å². The Hall–Kier alpha value is -0.610. The van der Waals surface area contributed by atoms with Crippen LogP contribution in [0.15, 0.2) is 0 Å². The SMILES string of the molecule is O=C(CN1C[C@@H]2CCCN[C@@H]2C1)NC1CCCCCC1. The van der Waals surface area contributed by atoms with E-state index >= 15 is 0 Å². The van der Waals surface area contributed by atoms with E-state index in [1.165, 1.54) is 51.4 Å². The van der Waals surface area contributed by atoms with Crippen LogP contribution in [-0.2, 0) is 4.79 Å². The molecule has 1 amide bonds. The lowest BCUT2D eigenvalue weighted by Crippen LogP contribution is -2.43. The number of likely N-dealkylation sites (tertiary alicyclic amines) is 1. The molecule has 0 aromatic heterocycles. The maximum absolute atomic E-state index is 12.2. The van der Waals surface area contributed by atoms with Gasteiger partial charge in [-0.05, 0) is 38.1 Å². The van der Waals surface area contributed by atoms with Gasteiger partial charge in [-0.1, -0.05) is 25.7 Å². The van der Waals surface area contributed by atoms with Gasteiger partial charge >= 0.3 is 0 Å². The zero-order chi connectivity index (χ0) is 13.8. The Morgan fingerprint density at radius 1 is 1.05 bits per heavy atom. The van der Waals surface area contributed by atoms with Crippen molar-refractivity contribution in [3.05, 3.63) is 0 Å². The highest BCUT2D eigenvalue weighted by molar-refractivity contribution is 5.78. The van der Waals surface area contributed by atoms with Gasteiger partial charge in [0.2, 0.25) is 5.91 Å². The molecule has 0 unspecified atom stereocenters. The van der Waals surface area contributed by atoms with Crippen LogP contribution in [-0.4, -0.2) is 49.1 Å². The lowest BCUT2D eigenvalue weighted by atomic mass is 9.94. The van der Waals surface area contributed by atoms with Crippen LogP contribution in [0.3, 0.4) is 0 Å². The first-order valence-corrected chi connectivity index (χ1v) is 8.56. The summed E-state index contributed by atoms with van der Waals surface area (Å²) in [6.07, 6.45) is 10.2. The van der Waals surface area contributed by atoms with E-state index in [4.69, 9.17) is 0 Å². The molecule has 2 heterocycles. The van der Waals surface area contributed by atoms with Gasteiger partial charge in [-0.3, -0.25) is 9.69 Å². The van der Waals surface area contributed by atoms with Gasteiger partial charge in [0, 0.05) is 25.2 Å². The molecule has 0 aromatic carbocycles. The fourth-order valence-electron chi connectivity index (χ4n) is 4.17. The maximum Gasteiger partial charge on any atom is 0.234 e. The molecule has 2 atom stereocenters. The van der Waals surface area contributed by atoms with Crippen molar-refractivity contribution in [3.8, 4) is 0 Å². The first kappa shape index (κ1) is 14.3. The predicted molar refractivity (Wildman–Crippen MR) is 80.6 cm³/mol. The van der Waals surface area contributed by atoms with Crippen molar-refractivity contribution in [1.29, 1.82) is 0 Å². The number of nitrogens with one attached hydrogen (secondary N) is 2. The highest BCUT2D eigenvalue weighted by Crippen LogP contribution is 2.24. The fraction of sp³-hybridized carbons (Fsp3) is 0.938. The molecule has 1 saturated carbocycles. The van der Waals surface area contributed by atoms with Crippen LogP contribution in [0.25, 0.3) is 0 Å². The molecule has 0 spiro atoms. The molecule has 3 fully saturated rings. The van der Waals surface area contributed by atoms with Gasteiger partial charge in [0.1, 0.15) is 0 Å². The van der Waals surface area contributed by atoms with Gasteiger partial charge in [-0.25, -0.2) is 0 Å². The smallest absolute Gasteiger partial charge is 0.234 e. The lowest BCUT2D eigenvalue weighted by Gasteiger charge is -2.24. The van der Waals surface area contributed by atoms with E-state index in [1.54, 1.807) is 0 Å². The van der Waals surface area contributed by atoms with E-state index in [1.807, 2.05) is 0 Å². The Bertz CT molecular complexity index is 312. The lowest BCUT2D eigenvalue weighted by molar-refractivity contribution is -0.122. The molecule has 0 aromatic rings. The largest absolute Gasteiger partial charge is 0.352 e. The van der Waals surface area contributed by atoms with E-state index < -0.39 is 0 Å². The zero-order valence-electron chi connectivity index (χ0n) is 12.6. The number of piperidine rings is 1. The number of carbonyl (C=O) groups excluding carboxylic acids is 1. The molecule has 1 aliphatic carbocycles. The van der Waals surface area contributed by atoms with Crippen LogP contribution < -0.4 is 10.6 Å². The van der Waals surface area contributed by atoms with Crippen molar-refractivity contribution in [2.45, 2.75) is 63.5 Å². The summed E-state index contributed by atoms with van der Waals surface area (Å²) in [5.41, 5.74) is 0. The Morgan fingerprint density at radius 3 is 2.60 bits per heavy atom. The third-order valence-corrected chi connectivity index (χ3v) is 5.26. The number of fused-ring (bicyclic) bond motifs is 1. The maximum atomic E-state index is 12.2. The van der Waals surface area contributed by atoms with E-state index in [2.05, 4.69) is 15.5 Å². The number of carbonyl (C=O) groups is 1. The summed E-state index contributed by atoms with van der Waals surface area (Å²) in [4.78, 5) is 14.6. The molecule has 2 aliphatic heterocycles. The molecule has 0 bridgehead atoms. The number of nitrogens with zero attached hydrogens (tertiary/aromatic N) is 1. The number of rotatable bonds is 3. The molecule has 3 rings (SSSR count). The second kappa shape index (κ2) is 6.90. The second-order valence-electron chi connectivity index (χ2n) is 6.91. The normalized spacial score (nSPS) is 32.6. The average Bonchev–Trinajstić information content (AvgIpc) is 2.66. The number of amides is 1. The van der Waals surface area contributed by atoms with Crippen molar-refractivity contribution < 1.29 is 4.79 Å². The summed E-state index contributed by atoms with van der Waals surface area (Å²) in [7, 11) is 0.